The van der Waals surface area contributed by atoms with Crippen LogP contribution in [0.2, 0.25) is 0 Å². The highest BCUT2D eigenvalue weighted by Crippen LogP contribution is 2.42. The number of hydrogen-bond acceptors (Lipinski definition) is 8. The highest BCUT2D eigenvalue weighted by Gasteiger charge is 2.67. The molecule has 0 saturated carbocycles. The van der Waals surface area contributed by atoms with Crippen LogP contribution in [0.1, 0.15) is 34.6 Å². The van der Waals surface area contributed by atoms with Gasteiger partial charge in [0.1, 0.15) is 32.8 Å². The van der Waals surface area contributed by atoms with E-state index in [0.717, 1.165) is 24.3 Å². The van der Waals surface area contributed by atoms with E-state index in [1.54, 1.807) is 10.6 Å². The Hall–Kier alpha value is -4.70. The average Bonchev–Trinajstić information content (AvgIpc) is 3.62. The summed E-state index contributed by atoms with van der Waals surface area (Å²) in [6.45, 7) is 2.55. The van der Waals surface area contributed by atoms with Crippen LogP contribution in [0.15, 0.2) is 59.3 Å². The molecule has 8 nitrogen and oxygen atoms in total. The lowest BCUT2D eigenvalue weighted by Gasteiger charge is -2.24. The first-order valence-corrected chi connectivity index (χ1v) is 15.0. The fourth-order valence-corrected chi connectivity index (χ4v) is 5.95. The number of ether oxygens (including phenoxy) is 2. The second-order valence-corrected chi connectivity index (χ2v) is 11.0. The van der Waals surface area contributed by atoms with Crippen LogP contribution in [-0.4, -0.2) is 48.8 Å². The number of benzene rings is 2. The Bertz CT molecular complexity index is 1640. The summed E-state index contributed by atoms with van der Waals surface area (Å²) < 4.78 is 97.0. The molecule has 0 atom stereocenters. The van der Waals surface area contributed by atoms with Gasteiger partial charge in [0, 0.05) is 21.9 Å². The predicted octanol–water partition coefficient (Wildman–Crippen LogP) is 7.62. The maximum absolute atomic E-state index is 15.1. The first kappa shape index (κ1) is 34.2. The van der Waals surface area contributed by atoms with Crippen LogP contribution in [0.5, 0.6) is 0 Å². The lowest BCUT2D eigenvalue weighted by molar-refractivity contribution is -0.204. The monoisotopic (exact) mass is 684 g/mol. The quantitative estimate of drug-likeness (QED) is 0.124. The summed E-state index contributed by atoms with van der Waals surface area (Å²) in [5, 5.41) is 4.47. The van der Waals surface area contributed by atoms with Gasteiger partial charge in [0.25, 0.3) is 0 Å². The lowest BCUT2D eigenvalue weighted by Crippen LogP contribution is -2.56. The number of rotatable bonds is 11. The maximum Gasteiger partial charge on any atom is 0.396 e. The van der Waals surface area contributed by atoms with Gasteiger partial charge in [0.15, 0.2) is 0 Å². The van der Waals surface area contributed by atoms with E-state index in [-0.39, 0.29) is 35.5 Å². The Morgan fingerprint density at radius 3 is 1.26 bits per heavy atom. The van der Waals surface area contributed by atoms with Crippen molar-refractivity contribution in [1.82, 2.24) is 0 Å². The number of carbonyl (C=O) groups is 4. The number of nitrogens with one attached hydrogen (secondary N) is 2. The van der Waals surface area contributed by atoms with Crippen molar-refractivity contribution >= 4 is 56.4 Å². The minimum atomic E-state index is -5.69. The van der Waals surface area contributed by atoms with Gasteiger partial charge in [-0.1, -0.05) is 24.3 Å². The molecule has 2 aromatic carbocycles. The molecule has 2 amide bonds. The zero-order chi connectivity index (χ0) is 33.8. The van der Waals surface area contributed by atoms with E-state index in [1.807, 2.05) is 0 Å². The number of amides is 2. The van der Waals surface area contributed by atoms with Crippen LogP contribution in [0.4, 0.5) is 36.3 Å². The van der Waals surface area contributed by atoms with Crippen molar-refractivity contribution < 1.29 is 55.0 Å². The molecule has 0 aliphatic rings. The average molecular weight is 685 g/mol. The van der Waals surface area contributed by atoms with Gasteiger partial charge >= 0.3 is 35.6 Å². The van der Waals surface area contributed by atoms with E-state index in [9.17, 15) is 28.0 Å². The third-order valence-corrected chi connectivity index (χ3v) is 8.06. The van der Waals surface area contributed by atoms with Gasteiger partial charge in [-0.2, -0.15) is 17.6 Å². The summed E-state index contributed by atoms with van der Waals surface area (Å²) in [4.78, 5) is 50.6. The Kier molecular flexibility index (Phi) is 10.2. The number of anilines is 2. The fraction of sp³-hybridized carbons (Fsp3) is 0.200. The Morgan fingerprint density at radius 2 is 0.957 bits per heavy atom. The van der Waals surface area contributed by atoms with Gasteiger partial charge in [-0.15, -0.1) is 22.7 Å². The SMILES string of the molecule is CCOC(=O)c1c(-c2ccc(F)cc2)csc1NC(=O)C(F)(F)C(F)(F)C(=O)Nc1scc(-c2ccc(F)cc2)c1C(=O)OCC. The summed E-state index contributed by atoms with van der Waals surface area (Å²) in [5.41, 5.74) is -0.389. The molecule has 2 heterocycles. The molecule has 0 aliphatic carbocycles. The van der Waals surface area contributed by atoms with E-state index in [4.69, 9.17) is 9.47 Å². The molecule has 242 valence electrons. The van der Waals surface area contributed by atoms with E-state index in [2.05, 4.69) is 0 Å². The Morgan fingerprint density at radius 1 is 0.630 bits per heavy atom. The van der Waals surface area contributed by atoms with Crippen LogP contribution >= 0.6 is 22.7 Å². The second-order valence-electron chi connectivity index (χ2n) is 9.22. The van der Waals surface area contributed by atoms with Gasteiger partial charge in [0.05, 0.1) is 13.2 Å². The van der Waals surface area contributed by atoms with Gasteiger partial charge < -0.3 is 20.1 Å². The minimum absolute atomic E-state index is 0.0349. The van der Waals surface area contributed by atoms with Gasteiger partial charge in [-0.3, -0.25) is 9.59 Å². The predicted molar refractivity (Wildman–Crippen MR) is 158 cm³/mol. The topological polar surface area (TPSA) is 111 Å². The molecule has 0 fully saturated rings. The smallest absolute Gasteiger partial charge is 0.396 e. The highest BCUT2D eigenvalue weighted by molar-refractivity contribution is 7.15. The van der Waals surface area contributed by atoms with Crippen molar-refractivity contribution in [2.45, 2.75) is 25.7 Å². The highest BCUT2D eigenvalue weighted by atomic mass is 32.1. The molecular formula is C30H22F6N2O6S2. The van der Waals surface area contributed by atoms with Crippen LogP contribution in [0.3, 0.4) is 0 Å². The summed E-state index contributed by atoms with van der Waals surface area (Å²) in [7, 11) is 0. The lowest BCUT2D eigenvalue weighted by atomic mass is 10.0. The van der Waals surface area contributed by atoms with Gasteiger partial charge in [0.2, 0.25) is 0 Å². The van der Waals surface area contributed by atoms with Gasteiger partial charge in [-0.05, 0) is 49.2 Å². The minimum Gasteiger partial charge on any atom is -0.462 e. The van der Waals surface area contributed by atoms with Crippen molar-refractivity contribution in [3.05, 3.63) is 82.1 Å². The third-order valence-electron chi connectivity index (χ3n) is 6.27. The van der Waals surface area contributed by atoms with Crippen LogP contribution in [0.25, 0.3) is 22.3 Å². The van der Waals surface area contributed by atoms with Crippen molar-refractivity contribution in [3.63, 3.8) is 0 Å². The van der Waals surface area contributed by atoms with Gasteiger partial charge in [-0.25, -0.2) is 18.4 Å². The molecular weight excluding hydrogens is 662 g/mol. The van der Waals surface area contributed by atoms with Crippen LogP contribution in [0, 0.1) is 11.6 Å². The summed E-state index contributed by atoms with van der Waals surface area (Å²) in [6, 6.07) is 9.25. The van der Waals surface area contributed by atoms with Crippen molar-refractivity contribution in [2.75, 3.05) is 23.8 Å². The fourth-order valence-electron chi connectivity index (χ4n) is 4.04. The molecule has 0 saturated heterocycles. The molecule has 0 bridgehead atoms. The number of halogens is 6. The molecule has 0 unspecified atom stereocenters. The summed E-state index contributed by atoms with van der Waals surface area (Å²) in [5.74, 6) is -20.1. The van der Waals surface area contributed by atoms with E-state index in [1.165, 1.54) is 48.9 Å². The van der Waals surface area contributed by atoms with Crippen molar-refractivity contribution in [2.24, 2.45) is 0 Å². The molecule has 2 aromatic heterocycles. The van der Waals surface area contributed by atoms with E-state index in [0.29, 0.717) is 22.7 Å². The largest absolute Gasteiger partial charge is 0.462 e. The zero-order valence-corrected chi connectivity index (χ0v) is 25.4. The normalized spacial score (nSPS) is 11.6. The molecule has 46 heavy (non-hydrogen) atoms. The van der Waals surface area contributed by atoms with Crippen LogP contribution in [-0.2, 0) is 19.1 Å². The Labute approximate surface area is 264 Å². The van der Waals surface area contributed by atoms with Crippen LogP contribution < -0.4 is 10.6 Å². The zero-order valence-electron chi connectivity index (χ0n) is 23.7. The van der Waals surface area contributed by atoms with Crippen molar-refractivity contribution in [1.29, 1.82) is 0 Å². The third kappa shape index (κ3) is 6.77. The molecule has 0 aliphatic heterocycles. The molecule has 0 spiro atoms. The van der Waals surface area contributed by atoms with Crippen molar-refractivity contribution in [3.8, 4) is 22.3 Å². The summed E-state index contributed by atoms with van der Waals surface area (Å²) in [6.07, 6.45) is 0. The molecule has 2 N–H and O–H groups in total. The number of thiophene rings is 2. The molecule has 4 rings (SSSR count). The van der Waals surface area contributed by atoms with E-state index < -0.39 is 68.4 Å². The first-order valence-electron chi connectivity index (χ1n) is 13.2. The standard InChI is InChI=1S/C30H22F6N2O6S2/c1-3-43-25(39)21-19(15-5-9-17(31)10-6-15)13-45-23(21)37-27(41)29(33,34)30(35,36)28(42)38-24-22(26(40)44-4-2)20(14-46-24)16-7-11-18(32)12-8-16/h5-14H,3-4H2,1-2H3,(H,37,41)(H,38,42). The number of alkyl halides is 4. The second kappa shape index (κ2) is 13.7. The molecule has 0 radical (unpaired) electrons. The summed E-state index contributed by atoms with van der Waals surface area (Å²) >= 11 is 1.06. The number of hydrogen-bond donors (Lipinski definition) is 2. The molecule has 16 heteroatoms. The van der Waals surface area contributed by atoms with E-state index >= 15 is 17.6 Å². The number of carbonyl (C=O) groups excluding carboxylic acids is 4. The first-order chi connectivity index (χ1) is 21.7. The molecule has 4 aromatic rings. The number of esters is 2. The Balaban J connectivity index is 1.63. The maximum atomic E-state index is 15.1.